The molecule has 0 saturated carbocycles. The van der Waals surface area contributed by atoms with Crippen LogP contribution in [0.15, 0.2) is 60.9 Å². The first-order chi connectivity index (χ1) is 13.6. The number of aliphatic hydroxyl groups is 1. The Hall–Kier alpha value is -2.83. The van der Waals surface area contributed by atoms with Crippen LogP contribution >= 0.6 is 0 Å². The van der Waals surface area contributed by atoms with Crippen LogP contribution in [0, 0.1) is 11.6 Å². The molecule has 1 aromatic heterocycles. The van der Waals surface area contributed by atoms with E-state index in [2.05, 4.69) is 4.98 Å². The summed E-state index contributed by atoms with van der Waals surface area (Å²) < 4.78 is 33.3. The molecular formula is C22H20F2N2O2. The third-order valence-electron chi connectivity index (χ3n) is 4.86. The number of hydrogen-bond donors (Lipinski definition) is 1. The van der Waals surface area contributed by atoms with Crippen molar-refractivity contribution in [3.8, 4) is 5.75 Å². The lowest BCUT2D eigenvalue weighted by Crippen LogP contribution is -2.25. The summed E-state index contributed by atoms with van der Waals surface area (Å²) in [5, 5.41) is 10.6. The Balaban J connectivity index is 1.57. The lowest BCUT2D eigenvalue weighted by Gasteiger charge is -2.20. The van der Waals surface area contributed by atoms with Gasteiger partial charge in [-0.25, -0.2) is 8.78 Å². The summed E-state index contributed by atoms with van der Waals surface area (Å²) in [4.78, 5) is 6.05. The van der Waals surface area contributed by atoms with Crippen LogP contribution in [0.25, 0.3) is 0 Å². The van der Waals surface area contributed by atoms with Crippen LogP contribution in [0.4, 0.5) is 8.78 Å². The highest BCUT2D eigenvalue weighted by molar-refractivity contribution is 5.41. The van der Waals surface area contributed by atoms with Gasteiger partial charge in [0.15, 0.2) is 0 Å². The molecule has 0 amide bonds. The van der Waals surface area contributed by atoms with Crippen molar-refractivity contribution in [3.63, 3.8) is 0 Å². The molecule has 0 bridgehead atoms. The summed E-state index contributed by atoms with van der Waals surface area (Å²) in [7, 11) is 0. The normalized spacial score (nSPS) is 15.4. The van der Waals surface area contributed by atoms with Crippen molar-refractivity contribution in [2.75, 3.05) is 13.2 Å². The molecule has 2 aromatic carbocycles. The molecule has 4 rings (SSSR count). The Morgan fingerprint density at radius 3 is 2.82 bits per heavy atom. The van der Waals surface area contributed by atoms with E-state index in [0.29, 0.717) is 30.8 Å². The average Bonchev–Trinajstić information content (AvgIpc) is 2.92. The van der Waals surface area contributed by atoms with Crippen molar-refractivity contribution in [1.82, 2.24) is 9.88 Å². The minimum atomic E-state index is -0.795. The van der Waals surface area contributed by atoms with Gasteiger partial charge in [-0.2, -0.15) is 0 Å². The number of rotatable bonds is 4. The molecule has 0 spiro atoms. The zero-order valence-electron chi connectivity index (χ0n) is 15.2. The topological polar surface area (TPSA) is 45.6 Å². The number of ether oxygens (including phenoxy) is 1. The van der Waals surface area contributed by atoms with E-state index in [9.17, 15) is 13.9 Å². The molecule has 3 aromatic rings. The van der Waals surface area contributed by atoms with Gasteiger partial charge in [-0.1, -0.05) is 12.1 Å². The SMILES string of the molecule is OC(c1cccnc1)c1ccc2c(c1)CN(Cc1cc(F)ccc1F)CCO2. The second-order valence-corrected chi connectivity index (χ2v) is 6.85. The summed E-state index contributed by atoms with van der Waals surface area (Å²) in [6, 6.07) is 12.7. The van der Waals surface area contributed by atoms with E-state index in [1.165, 1.54) is 6.07 Å². The molecule has 1 atom stereocenters. The van der Waals surface area contributed by atoms with E-state index in [4.69, 9.17) is 4.74 Å². The van der Waals surface area contributed by atoms with Crippen molar-refractivity contribution < 1.29 is 18.6 Å². The maximum atomic E-state index is 14.0. The highest BCUT2D eigenvalue weighted by atomic mass is 19.1. The number of pyridine rings is 1. The average molecular weight is 382 g/mol. The van der Waals surface area contributed by atoms with Crippen LogP contribution in [0.5, 0.6) is 5.75 Å². The van der Waals surface area contributed by atoms with Crippen LogP contribution in [0.1, 0.15) is 28.4 Å². The molecule has 1 aliphatic heterocycles. The molecule has 4 nitrogen and oxygen atoms in total. The lowest BCUT2D eigenvalue weighted by molar-refractivity contribution is 0.217. The molecule has 1 unspecified atom stereocenters. The summed E-state index contributed by atoms with van der Waals surface area (Å²) in [5.41, 5.74) is 2.65. The Labute approximate surface area is 162 Å². The third kappa shape index (κ3) is 4.03. The Kier molecular flexibility index (Phi) is 5.32. The molecule has 1 aliphatic rings. The Morgan fingerprint density at radius 2 is 2.00 bits per heavy atom. The first-order valence-corrected chi connectivity index (χ1v) is 9.10. The van der Waals surface area contributed by atoms with Gasteiger partial charge in [-0.15, -0.1) is 0 Å². The minimum Gasteiger partial charge on any atom is -0.492 e. The zero-order chi connectivity index (χ0) is 19.5. The van der Waals surface area contributed by atoms with Gasteiger partial charge in [-0.3, -0.25) is 9.88 Å². The standard InChI is InChI=1S/C22H20F2N2O2/c23-19-4-5-20(24)17(11-19)13-26-8-9-28-21-6-3-15(10-18(21)14-26)22(27)16-2-1-7-25-12-16/h1-7,10-12,22,27H,8-9,13-14H2. The largest absolute Gasteiger partial charge is 0.492 e. The second-order valence-electron chi connectivity index (χ2n) is 6.85. The Bertz CT molecular complexity index is 966. The van der Waals surface area contributed by atoms with Crippen LogP contribution in [0.3, 0.4) is 0 Å². The van der Waals surface area contributed by atoms with Crippen molar-refractivity contribution in [2.24, 2.45) is 0 Å². The quantitative estimate of drug-likeness (QED) is 0.745. The van der Waals surface area contributed by atoms with E-state index in [1.807, 2.05) is 29.2 Å². The molecule has 28 heavy (non-hydrogen) atoms. The fourth-order valence-corrected chi connectivity index (χ4v) is 3.41. The summed E-state index contributed by atoms with van der Waals surface area (Å²) in [6.07, 6.45) is 2.49. The third-order valence-corrected chi connectivity index (χ3v) is 4.86. The van der Waals surface area contributed by atoms with Crippen LogP contribution < -0.4 is 4.74 Å². The van der Waals surface area contributed by atoms with Gasteiger partial charge in [0.1, 0.15) is 30.1 Å². The van der Waals surface area contributed by atoms with E-state index in [-0.39, 0.29) is 6.54 Å². The number of aromatic nitrogens is 1. The monoisotopic (exact) mass is 382 g/mol. The van der Waals surface area contributed by atoms with E-state index >= 15 is 0 Å². The molecule has 6 heteroatoms. The number of nitrogens with zero attached hydrogens (tertiary/aromatic N) is 2. The molecule has 2 heterocycles. The highest BCUT2D eigenvalue weighted by Crippen LogP contribution is 2.30. The number of halogens is 2. The van der Waals surface area contributed by atoms with Gasteiger partial charge in [0.2, 0.25) is 0 Å². The predicted octanol–water partition coefficient (Wildman–Crippen LogP) is 3.84. The van der Waals surface area contributed by atoms with Gasteiger partial charge in [0.05, 0.1) is 0 Å². The maximum Gasteiger partial charge on any atom is 0.127 e. The lowest BCUT2D eigenvalue weighted by atomic mass is 10.00. The molecule has 0 aliphatic carbocycles. The zero-order valence-corrected chi connectivity index (χ0v) is 15.2. The first kappa shape index (κ1) is 18.5. The maximum absolute atomic E-state index is 14.0. The predicted molar refractivity (Wildman–Crippen MR) is 101 cm³/mol. The molecule has 144 valence electrons. The first-order valence-electron chi connectivity index (χ1n) is 9.10. The van der Waals surface area contributed by atoms with Crippen molar-refractivity contribution in [1.29, 1.82) is 0 Å². The highest BCUT2D eigenvalue weighted by Gasteiger charge is 2.19. The smallest absolute Gasteiger partial charge is 0.127 e. The van der Waals surface area contributed by atoms with Crippen molar-refractivity contribution in [2.45, 2.75) is 19.2 Å². The second kappa shape index (κ2) is 8.04. The minimum absolute atomic E-state index is 0.280. The van der Waals surface area contributed by atoms with Gasteiger partial charge < -0.3 is 9.84 Å². The van der Waals surface area contributed by atoms with Gasteiger partial charge in [0, 0.05) is 48.7 Å². The number of hydrogen-bond acceptors (Lipinski definition) is 4. The van der Waals surface area contributed by atoms with Gasteiger partial charge >= 0.3 is 0 Å². The molecular weight excluding hydrogens is 362 g/mol. The molecule has 0 saturated heterocycles. The van der Waals surface area contributed by atoms with E-state index in [1.54, 1.807) is 18.5 Å². The fraction of sp³-hybridized carbons (Fsp3) is 0.227. The van der Waals surface area contributed by atoms with Crippen molar-refractivity contribution in [3.05, 3.63) is 94.8 Å². The van der Waals surface area contributed by atoms with Crippen LogP contribution in [-0.2, 0) is 13.1 Å². The molecule has 0 radical (unpaired) electrons. The number of aliphatic hydroxyl groups excluding tert-OH is 1. The molecule has 0 fully saturated rings. The Morgan fingerprint density at radius 1 is 1.11 bits per heavy atom. The van der Waals surface area contributed by atoms with E-state index < -0.39 is 17.7 Å². The van der Waals surface area contributed by atoms with Crippen molar-refractivity contribution >= 4 is 0 Å². The van der Waals surface area contributed by atoms with Crippen LogP contribution in [0.2, 0.25) is 0 Å². The van der Waals surface area contributed by atoms with E-state index in [0.717, 1.165) is 29.0 Å². The summed E-state index contributed by atoms with van der Waals surface area (Å²) >= 11 is 0. The van der Waals surface area contributed by atoms with Crippen LogP contribution in [-0.4, -0.2) is 28.1 Å². The number of benzene rings is 2. The fourth-order valence-electron chi connectivity index (χ4n) is 3.41. The summed E-state index contributed by atoms with van der Waals surface area (Å²) in [6.45, 7) is 1.83. The van der Waals surface area contributed by atoms with Gasteiger partial charge in [0.25, 0.3) is 0 Å². The summed E-state index contributed by atoms with van der Waals surface area (Å²) in [5.74, 6) is -0.137. The van der Waals surface area contributed by atoms with Gasteiger partial charge in [-0.05, 0) is 42.0 Å². The number of fused-ring (bicyclic) bond motifs is 1. The molecule has 1 N–H and O–H groups in total.